The van der Waals surface area contributed by atoms with E-state index in [4.69, 9.17) is 14.2 Å². The van der Waals surface area contributed by atoms with Gasteiger partial charge in [-0.05, 0) is 48.9 Å². The van der Waals surface area contributed by atoms with Gasteiger partial charge in [0.15, 0.2) is 0 Å². The fourth-order valence-corrected chi connectivity index (χ4v) is 2.24. The summed E-state index contributed by atoms with van der Waals surface area (Å²) in [5.41, 5.74) is 3.48. The van der Waals surface area contributed by atoms with E-state index in [1.807, 2.05) is 31.2 Å². The van der Waals surface area contributed by atoms with Gasteiger partial charge >= 0.3 is 0 Å². The molecule has 0 radical (unpaired) electrons. The molecule has 0 aliphatic carbocycles. The van der Waals surface area contributed by atoms with E-state index >= 15 is 0 Å². The molecule has 0 heterocycles. The molecule has 28 heavy (non-hydrogen) atoms. The molecule has 2 N–H and O–H groups in total. The molecule has 0 bridgehead atoms. The first-order valence-corrected chi connectivity index (χ1v) is 8.61. The Hall–Kier alpha value is -3.55. The SMILES string of the molecule is CCOc1ccc(/C=N/NC(=O)CNC(=O)c2cc(OC)cc(OC)c2)cc1. The lowest BCUT2D eigenvalue weighted by molar-refractivity contribution is -0.120. The molecule has 0 saturated carbocycles. The van der Waals surface area contributed by atoms with Gasteiger partial charge in [-0.3, -0.25) is 9.59 Å². The quantitative estimate of drug-likeness (QED) is 0.508. The monoisotopic (exact) mass is 385 g/mol. The van der Waals surface area contributed by atoms with Crippen LogP contribution in [0.15, 0.2) is 47.6 Å². The van der Waals surface area contributed by atoms with E-state index in [1.54, 1.807) is 18.2 Å². The van der Waals surface area contributed by atoms with E-state index in [9.17, 15) is 9.59 Å². The molecule has 8 nitrogen and oxygen atoms in total. The van der Waals surface area contributed by atoms with Crippen molar-refractivity contribution >= 4 is 18.0 Å². The van der Waals surface area contributed by atoms with Gasteiger partial charge in [-0.2, -0.15) is 5.10 Å². The lowest BCUT2D eigenvalue weighted by Gasteiger charge is -2.08. The number of ether oxygens (including phenoxy) is 3. The Morgan fingerprint density at radius 2 is 1.64 bits per heavy atom. The standard InChI is InChI=1S/C20H23N3O5/c1-4-28-16-7-5-14(6-8-16)12-22-23-19(24)13-21-20(25)15-9-17(26-2)11-18(10-15)27-3/h5-12H,4,13H2,1-3H3,(H,21,25)(H,23,24)/b22-12+. The molecule has 2 aromatic rings. The number of hydrazone groups is 1. The Kier molecular flexibility index (Phi) is 7.83. The summed E-state index contributed by atoms with van der Waals surface area (Å²) in [5, 5.41) is 6.38. The summed E-state index contributed by atoms with van der Waals surface area (Å²) >= 11 is 0. The van der Waals surface area contributed by atoms with Crippen LogP contribution < -0.4 is 25.0 Å². The van der Waals surface area contributed by atoms with Crippen LogP contribution in [0.3, 0.4) is 0 Å². The number of rotatable bonds is 9. The number of hydrogen-bond acceptors (Lipinski definition) is 6. The van der Waals surface area contributed by atoms with Crippen LogP contribution in [0.4, 0.5) is 0 Å². The van der Waals surface area contributed by atoms with Crippen LogP contribution in [-0.4, -0.2) is 45.4 Å². The van der Waals surface area contributed by atoms with Gasteiger partial charge < -0.3 is 19.5 Å². The molecule has 8 heteroatoms. The fraction of sp³-hybridized carbons (Fsp3) is 0.250. The van der Waals surface area contributed by atoms with Crippen LogP contribution in [0.2, 0.25) is 0 Å². The number of methoxy groups -OCH3 is 2. The molecule has 2 amide bonds. The van der Waals surface area contributed by atoms with Gasteiger partial charge in [0.25, 0.3) is 11.8 Å². The van der Waals surface area contributed by atoms with Crippen molar-refractivity contribution < 1.29 is 23.8 Å². The van der Waals surface area contributed by atoms with Crippen LogP contribution in [0.25, 0.3) is 0 Å². The van der Waals surface area contributed by atoms with Crippen molar-refractivity contribution in [2.75, 3.05) is 27.4 Å². The first-order valence-electron chi connectivity index (χ1n) is 8.61. The second-order valence-corrected chi connectivity index (χ2v) is 5.58. The van der Waals surface area contributed by atoms with E-state index in [0.717, 1.165) is 11.3 Å². The Balaban J connectivity index is 1.84. The highest BCUT2D eigenvalue weighted by Crippen LogP contribution is 2.22. The van der Waals surface area contributed by atoms with Crippen molar-refractivity contribution in [2.24, 2.45) is 5.10 Å². The molecule has 0 saturated heterocycles. The number of nitrogens with zero attached hydrogens (tertiary/aromatic N) is 1. The average molecular weight is 385 g/mol. The highest BCUT2D eigenvalue weighted by molar-refractivity contribution is 5.97. The van der Waals surface area contributed by atoms with Crippen LogP contribution in [-0.2, 0) is 4.79 Å². The molecule has 0 spiro atoms. The Morgan fingerprint density at radius 3 is 2.21 bits per heavy atom. The molecule has 2 aromatic carbocycles. The summed E-state index contributed by atoms with van der Waals surface area (Å²) < 4.78 is 15.6. The minimum absolute atomic E-state index is 0.223. The first-order chi connectivity index (χ1) is 13.5. The van der Waals surface area contributed by atoms with Gasteiger partial charge in [0.2, 0.25) is 0 Å². The third-order valence-corrected chi connectivity index (χ3v) is 3.62. The normalized spacial score (nSPS) is 10.4. The average Bonchev–Trinajstić information content (AvgIpc) is 2.73. The number of carbonyl (C=O) groups excluding carboxylic acids is 2. The number of nitrogens with one attached hydrogen (secondary N) is 2. The number of amides is 2. The first kappa shape index (κ1) is 20.8. The Bertz CT molecular complexity index is 812. The molecule has 0 fully saturated rings. The zero-order chi connectivity index (χ0) is 20.4. The van der Waals surface area contributed by atoms with Gasteiger partial charge in [0.1, 0.15) is 17.2 Å². The summed E-state index contributed by atoms with van der Waals surface area (Å²) in [6.45, 7) is 2.28. The Morgan fingerprint density at radius 1 is 1.00 bits per heavy atom. The third kappa shape index (κ3) is 6.31. The van der Waals surface area contributed by atoms with Crippen molar-refractivity contribution in [1.82, 2.24) is 10.7 Å². The molecular weight excluding hydrogens is 362 g/mol. The molecular formula is C20H23N3O5. The lowest BCUT2D eigenvalue weighted by atomic mass is 10.2. The van der Waals surface area contributed by atoms with Gasteiger partial charge in [0, 0.05) is 11.6 Å². The second kappa shape index (κ2) is 10.6. The molecule has 0 aromatic heterocycles. The number of carbonyl (C=O) groups is 2. The number of hydrogen-bond donors (Lipinski definition) is 2. The van der Waals surface area contributed by atoms with E-state index in [-0.39, 0.29) is 6.54 Å². The molecule has 2 rings (SSSR count). The van der Waals surface area contributed by atoms with Gasteiger partial charge in [0.05, 0.1) is 33.6 Å². The summed E-state index contributed by atoms with van der Waals surface area (Å²) in [4.78, 5) is 24.1. The predicted octanol–water partition coefficient (Wildman–Crippen LogP) is 1.98. The van der Waals surface area contributed by atoms with Crippen LogP contribution >= 0.6 is 0 Å². The molecule has 0 unspecified atom stereocenters. The summed E-state index contributed by atoms with van der Waals surface area (Å²) in [7, 11) is 2.98. The molecule has 0 aliphatic rings. The van der Waals surface area contributed by atoms with E-state index in [0.29, 0.717) is 23.7 Å². The summed E-state index contributed by atoms with van der Waals surface area (Å²) in [6, 6.07) is 12.0. The van der Waals surface area contributed by atoms with Crippen molar-refractivity contribution in [3.8, 4) is 17.2 Å². The summed E-state index contributed by atoms with van der Waals surface area (Å²) in [5.74, 6) is 0.844. The maximum atomic E-state index is 12.2. The van der Waals surface area contributed by atoms with Crippen molar-refractivity contribution in [1.29, 1.82) is 0 Å². The van der Waals surface area contributed by atoms with Crippen LogP contribution in [0.1, 0.15) is 22.8 Å². The maximum absolute atomic E-state index is 12.2. The second-order valence-electron chi connectivity index (χ2n) is 5.58. The largest absolute Gasteiger partial charge is 0.497 e. The fourth-order valence-electron chi connectivity index (χ4n) is 2.24. The number of benzene rings is 2. The van der Waals surface area contributed by atoms with Crippen LogP contribution in [0.5, 0.6) is 17.2 Å². The maximum Gasteiger partial charge on any atom is 0.259 e. The predicted molar refractivity (Wildman–Crippen MR) is 105 cm³/mol. The summed E-state index contributed by atoms with van der Waals surface area (Å²) in [6.07, 6.45) is 1.50. The van der Waals surface area contributed by atoms with E-state index < -0.39 is 11.8 Å². The topological polar surface area (TPSA) is 98.2 Å². The third-order valence-electron chi connectivity index (χ3n) is 3.62. The van der Waals surface area contributed by atoms with Crippen LogP contribution in [0, 0.1) is 0 Å². The molecule has 0 aliphatic heterocycles. The highest BCUT2D eigenvalue weighted by Gasteiger charge is 2.11. The van der Waals surface area contributed by atoms with Gasteiger partial charge in [-0.1, -0.05) is 0 Å². The minimum Gasteiger partial charge on any atom is -0.497 e. The molecule has 148 valence electrons. The van der Waals surface area contributed by atoms with E-state index in [1.165, 1.54) is 20.4 Å². The zero-order valence-corrected chi connectivity index (χ0v) is 16.0. The smallest absolute Gasteiger partial charge is 0.259 e. The van der Waals surface area contributed by atoms with Crippen molar-refractivity contribution in [3.63, 3.8) is 0 Å². The van der Waals surface area contributed by atoms with Gasteiger partial charge in [-0.15, -0.1) is 0 Å². The highest BCUT2D eigenvalue weighted by atomic mass is 16.5. The van der Waals surface area contributed by atoms with Crippen molar-refractivity contribution in [2.45, 2.75) is 6.92 Å². The zero-order valence-electron chi connectivity index (χ0n) is 16.0. The lowest BCUT2D eigenvalue weighted by Crippen LogP contribution is -2.34. The Labute approximate surface area is 163 Å². The minimum atomic E-state index is -0.453. The van der Waals surface area contributed by atoms with Crippen molar-refractivity contribution in [3.05, 3.63) is 53.6 Å². The van der Waals surface area contributed by atoms with Gasteiger partial charge in [-0.25, -0.2) is 5.43 Å². The van der Waals surface area contributed by atoms with E-state index in [2.05, 4.69) is 15.8 Å². The molecule has 0 atom stereocenters.